The Labute approximate surface area is 105 Å². The van der Waals surface area contributed by atoms with Crippen molar-refractivity contribution in [2.24, 2.45) is 0 Å². The van der Waals surface area contributed by atoms with E-state index in [0.29, 0.717) is 12.3 Å². The summed E-state index contributed by atoms with van der Waals surface area (Å²) in [4.78, 5) is 14.9. The van der Waals surface area contributed by atoms with Crippen LogP contribution in [0.15, 0.2) is 16.5 Å². The lowest BCUT2D eigenvalue weighted by Gasteiger charge is -2.14. The Hall–Kier alpha value is -1.84. The minimum absolute atomic E-state index is 0.0620. The van der Waals surface area contributed by atoms with Crippen LogP contribution in [0.5, 0.6) is 0 Å². The van der Waals surface area contributed by atoms with Crippen molar-refractivity contribution in [2.75, 3.05) is 0 Å². The van der Waals surface area contributed by atoms with Gasteiger partial charge in [-0.1, -0.05) is 0 Å². The van der Waals surface area contributed by atoms with Crippen LogP contribution in [-0.4, -0.2) is 16.1 Å². The molecule has 0 saturated heterocycles. The molecule has 0 unspecified atom stereocenters. The zero-order valence-electron chi connectivity index (χ0n) is 10.1. The maximum Gasteiger partial charge on any atom is 0.303 e. The Morgan fingerprint density at radius 3 is 2.72 bits per heavy atom. The number of hydrogen-bond acceptors (Lipinski definition) is 3. The predicted octanol–water partition coefficient (Wildman–Crippen LogP) is 2.72. The van der Waals surface area contributed by atoms with Crippen LogP contribution in [-0.2, 0) is 24.1 Å². The fraction of sp³-hybridized carbons (Fsp3) is 0.429. The van der Waals surface area contributed by atoms with Crippen LogP contribution < -0.4 is 0 Å². The van der Waals surface area contributed by atoms with Crippen LogP contribution >= 0.6 is 0 Å². The molecule has 1 heterocycles. The number of rotatable bonds is 3. The highest BCUT2D eigenvalue weighted by molar-refractivity contribution is 5.75. The number of aryl methyl sites for hydroxylation is 3. The molecule has 0 spiro atoms. The average Bonchev–Trinajstić information content (AvgIpc) is 2.75. The van der Waals surface area contributed by atoms with Gasteiger partial charge in [0.05, 0.1) is 6.42 Å². The van der Waals surface area contributed by atoms with Crippen molar-refractivity contribution in [3.8, 4) is 0 Å². The van der Waals surface area contributed by atoms with Crippen LogP contribution in [0.4, 0.5) is 0 Å². The summed E-state index contributed by atoms with van der Waals surface area (Å²) in [6, 6.07) is 4.17. The molecule has 0 amide bonds. The normalized spacial score (nSPS) is 14.7. The molecule has 1 N–H and O–H groups in total. The summed E-state index contributed by atoms with van der Waals surface area (Å²) in [5.41, 5.74) is 4.37. The first-order valence-corrected chi connectivity index (χ1v) is 6.35. The first-order chi connectivity index (χ1) is 8.72. The molecule has 0 radical (unpaired) electrons. The third-order valence-electron chi connectivity index (χ3n) is 3.45. The monoisotopic (exact) mass is 245 g/mol. The molecule has 0 atom stereocenters. The molecule has 1 aromatic heterocycles. The lowest BCUT2D eigenvalue weighted by atomic mass is 9.91. The van der Waals surface area contributed by atoms with E-state index in [1.807, 2.05) is 0 Å². The molecule has 0 fully saturated rings. The Morgan fingerprint density at radius 2 is 2.00 bits per heavy atom. The van der Waals surface area contributed by atoms with Crippen LogP contribution in [0.1, 0.15) is 36.3 Å². The van der Waals surface area contributed by atoms with Crippen LogP contribution in [0.3, 0.4) is 0 Å². The number of fused-ring (bicyclic) bond motifs is 2. The third-order valence-corrected chi connectivity index (χ3v) is 3.45. The smallest absolute Gasteiger partial charge is 0.303 e. The SMILES string of the molecule is O=C(O)CCc1nc2cc3c(cc2o1)CCCC3. The zero-order valence-corrected chi connectivity index (χ0v) is 10.1. The van der Waals surface area contributed by atoms with Gasteiger partial charge in [0.1, 0.15) is 5.52 Å². The van der Waals surface area contributed by atoms with Crippen molar-refractivity contribution in [3.63, 3.8) is 0 Å². The average molecular weight is 245 g/mol. The van der Waals surface area contributed by atoms with Gasteiger partial charge in [-0.15, -0.1) is 0 Å². The quantitative estimate of drug-likeness (QED) is 0.903. The maximum absolute atomic E-state index is 10.5. The van der Waals surface area contributed by atoms with Gasteiger partial charge in [-0.3, -0.25) is 4.79 Å². The summed E-state index contributed by atoms with van der Waals surface area (Å²) in [5, 5.41) is 8.65. The second-order valence-electron chi connectivity index (χ2n) is 4.80. The second kappa shape index (κ2) is 4.44. The summed E-state index contributed by atoms with van der Waals surface area (Å²) in [5.74, 6) is -0.300. The number of oxazole rings is 1. The zero-order chi connectivity index (χ0) is 12.5. The van der Waals surface area contributed by atoms with E-state index in [1.165, 1.54) is 24.0 Å². The molecule has 94 valence electrons. The number of carbonyl (C=O) groups is 1. The predicted molar refractivity (Wildman–Crippen MR) is 66.6 cm³/mol. The molecule has 1 aromatic carbocycles. The minimum atomic E-state index is -0.823. The molecular formula is C14H15NO3. The number of aromatic nitrogens is 1. The van der Waals surface area contributed by atoms with Gasteiger partial charge >= 0.3 is 5.97 Å². The van der Waals surface area contributed by atoms with Crippen LogP contribution in [0.25, 0.3) is 11.1 Å². The van der Waals surface area contributed by atoms with Crippen molar-refractivity contribution in [2.45, 2.75) is 38.5 Å². The summed E-state index contributed by atoms with van der Waals surface area (Å²) in [6.07, 6.45) is 5.11. The summed E-state index contributed by atoms with van der Waals surface area (Å²) >= 11 is 0. The highest BCUT2D eigenvalue weighted by Crippen LogP contribution is 2.27. The van der Waals surface area contributed by atoms with Crippen molar-refractivity contribution >= 4 is 17.1 Å². The number of aliphatic carboxylic acids is 1. The van der Waals surface area contributed by atoms with E-state index in [9.17, 15) is 4.79 Å². The Balaban J connectivity index is 1.93. The standard InChI is InChI=1S/C14H15NO3/c16-14(17)6-5-13-15-11-7-9-3-1-2-4-10(9)8-12(11)18-13/h7-8H,1-6H2,(H,16,17). The van der Waals surface area contributed by atoms with Gasteiger partial charge in [0.2, 0.25) is 0 Å². The molecular weight excluding hydrogens is 230 g/mol. The Kier molecular flexibility index (Phi) is 2.78. The minimum Gasteiger partial charge on any atom is -0.481 e. The van der Waals surface area contributed by atoms with Gasteiger partial charge in [0, 0.05) is 6.42 Å². The molecule has 0 aliphatic heterocycles. The molecule has 4 nitrogen and oxygen atoms in total. The van der Waals surface area contributed by atoms with E-state index in [0.717, 1.165) is 23.9 Å². The molecule has 0 saturated carbocycles. The molecule has 0 bridgehead atoms. The van der Waals surface area contributed by atoms with Gasteiger partial charge in [0.15, 0.2) is 11.5 Å². The highest BCUT2D eigenvalue weighted by Gasteiger charge is 2.14. The number of benzene rings is 1. The first-order valence-electron chi connectivity index (χ1n) is 6.35. The Morgan fingerprint density at radius 1 is 1.28 bits per heavy atom. The van der Waals surface area contributed by atoms with Crippen LogP contribution in [0.2, 0.25) is 0 Å². The third kappa shape index (κ3) is 2.10. The molecule has 1 aliphatic carbocycles. The van der Waals surface area contributed by atoms with Crippen LogP contribution in [0, 0.1) is 0 Å². The topological polar surface area (TPSA) is 63.3 Å². The van der Waals surface area contributed by atoms with Gasteiger partial charge in [-0.2, -0.15) is 0 Å². The van der Waals surface area contributed by atoms with Crippen molar-refractivity contribution in [3.05, 3.63) is 29.2 Å². The molecule has 1 aliphatic rings. The van der Waals surface area contributed by atoms with Gasteiger partial charge in [-0.25, -0.2) is 4.98 Å². The molecule has 2 aromatic rings. The fourth-order valence-corrected chi connectivity index (χ4v) is 2.52. The van der Waals surface area contributed by atoms with Gasteiger partial charge < -0.3 is 9.52 Å². The van der Waals surface area contributed by atoms with Gasteiger partial charge in [-0.05, 0) is 48.9 Å². The lowest BCUT2D eigenvalue weighted by Crippen LogP contribution is -2.01. The van der Waals surface area contributed by atoms with Gasteiger partial charge in [0.25, 0.3) is 0 Å². The summed E-state index contributed by atoms with van der Waals surface area (Å²) < 4.78 is 5.61. The van der Waals surface area contributed by atoms with Crippen molar-refractivity contribution in [1.29, 1.82) is 0 Å². The number of carboxylic acids is 1. The number of hydrogen-bond donors (Lipinski definition) is 1. The first kappa shape index (κ1) is 11.3. The van der Waals surface area contributed by atoms with E-state index >= 15 is 0 Å². The maximum atomic E-state index is 10.5. The summed E-state index contributed by atoms with van der Waals surface area (Å²) in [6.45, 7) is 0. The molecule has 4 heteroatoms. The van der Waals surface area contributed by atoms with Crippen molar-refractivity contribution in [1.82, 2.24) is 4.98 Å². The summed E-state index contributed by atoms with van der Waals surface area (Å²) in [7, 11) is 0. The second-order valence-corrected chi connectivity index (χ2v) is 4.80. The van der Waals surface area contributed by atoms with E-state index < -0.39 is 5.97 Å². The van der Waals surface area contributed by atoms with E-state index in [4.69, 9.17) is 9.52 Å². The largest absolute Gasteiger partial charge is 0.481 e. The molecule has 18 heavy (non-hydrogen) atoms. The number of carboxylic acid groups (broad SMARTS) is 1. The lowest BCUT2D eigenvalue weighted by molar-refractivity contribution is -0.137. The highest BCUT2D eigenvalue weighted by atomic mass is 16.4. The van der Waals surface area contributed by atoms with E-state index in [2.05, 4.69) is 17.1 Å². The fourth-order valence-electron chi connectivity index (χ4n) is 2.52. The number of nitrogens with zero attached hydrogens (tertiary/aromatic N) is 1. The van der Waals surface area contributed by atoms with Crippen molar-refractivity contribution < 1.29 is 14.3 Å². The van der Waals surface area contributed by atoms with E-state index in [-0.39, 0.29) is 6.42 Å². The Bertz CT molecular complexity index is 557. The van der Waals surface area contributed by atoms with E-state index in [1.54, 1.807) is 0 Å². The molecule has 3 rings (SSSR count).